The monoisotopic (exact) mass is 301 g/mol. The SMILES string of the molecule is CC1OC(C)C(C(N)Cc2cccc(C(F)(F)F)c2)C1C. The van der Waals surface area contributed by atoms with E-state index in [-0.39, 0.29) is 24.2 Å². The highest BCUT2D eigenvalue weighted by atomic mass is 19.4. The molecule has 0 spiro atoms. The number of nitrogens with two attached hydrogens (primary N) is 1. The fraction of sp³-hybridized carbons (Fsp3) is 0.625. The van der Waals surface area contributed by atoms with Crippen molar-refractivity contribution < 1.29 is 17.9 Å². The molecule has 118 valence electrons. The zero-order valence-electron chi connectivity index (χ0n) is 12.5. The van der Waals surface area contributed by atoms with Gasteiger partial charge in [-0.2, -0.15) is 13.2 Å². The molecule has 1 aliphatic heterocycles. The van der Waals surface area contributed by atoms with Gasteiger partial charge in [0, 0.05) is 12.0 Å². The molecule has 21 heavy (non-hydrogen) atoms. The molecule has 1 aliphatic rings. The van der Waals surface area contributed by atoms with E-state index in [0.29, 0.717) is 17.9 Å². The van der Waals surface area contributed by atoms with Crippen LogP contribution in [0.2, 0.25) is 0 Å². The maximum atomic E-state index is 12.7. The lowest BCUT2D eigenvalue weighted by Gasteiger charge is -2.26. The molecule has 0 saturated carbocycles. The minimum atomic E-state index is -4.31. The highest BCUT2D eigenvalue weighted by molar-refractivity contribution is 5.26. The smallest absolute Gasteiger partial charge is 0.375 e. The van der Waals surface area contributed by atoms with E-state index in [1.165, 1.54) is 12.1 Å². The first-order valence-electron chi connectivity index (χ1n) is 7.27. The molecule has 0 amide bonds. The molecule has 0 aliphatic carbocycles. The van der Waals surface area contributed by atoms with Gasteiger partial charge >= 0.3 is 6.18 Å². The van der Waals surface area contributed by atoms with Gasteiger partial charge < -0.3 is 10.5 Å². The molecule has 2 rings (SSSR count). The lowest BCUT2D eigenvalue weighted by Crippen LogP contribution is -2.39. The second-order valence-electron chi connectivity index (χ2n) is 6.05. The van der Waals surface area contributed by atoms with Crippen LogP contribution in [0.4, 0.5) is 13.2 Å². The van der Waals surface area contributed by atoms with Crippen LogP contribution in [0.3, 0.4) is 0 Å². The third-order valence-electron chi connectivity index (χ3n) is 4.54. The Morgan fingerprint density at radius 3 is 2.38 bits per heavy atom. The molecule has 5 unspecified atom stereocenters. The summed E-state index contributed by atoms with van der Waals surface area (Å²) in [4.78, 5) is 0. The van der Waals surface area contributed by atoms with Gasteiger partial charge in [0.1, 0.15) is 0 Å². The van der Waals surface area contributed by atoms with Crippen molar-refractivity contribution in [2.24, 2.45) is 17.6 Å². The fourth-order valence-electron chi connectivity index (χ4n) is 3.31. The zero-order chi connectivity index (χ0) is 15.8. The van der Waals surface area contributed by atoms with Gasteiger partial charge in [-0.25, -0.2) is 0 Å². The summed E-state index contributed by atoms with van der Waals surface area (Å²) < 4.78 is 44.0. The average Bonchev–Trinajstić information content (AvgIpc) is 2.62. The molecule has 1 fully saturated rings. The predicted octanol–water partition coefficient (Wildman–Crippen LogP) is 3.63. The number of hydrogen-bond donors (Lipinski definition) is 1. The molecule has 0 radical (unpaired) electrons. The van der Waals surface area contributed by atoms with Crippen molar-refractivity contribution in [2.75, 3.05) is 0 Å². The van der Waals surface area contributed by atoms with E-state index in [9.17, 15) is 13.2 Å². The molecule has 1 heterocycles. The van der Waals surface area contributed by atoms with Gasteiger partial charge in [-0.05, 0) is 37.8 Å². The molecule has 2 nitrogen and oxygen atoms in total. The van der Waals surface area contributed by atoms with Crippen molar-refractivity contribution in [2.45, 2.75) is 51.6 Å². The first-order valence-corrected chi connectivity index (χ1v) is 7.27. The van der Waals surface area contributed by atoms with Crippen LogP contribution in [0, 0.1) is 11.8 Å². The van der Waals surface area contributed by atoms with Crippen LogP contribution in [0.25, 0.3) is 0 Å². The topological polar surface area (TPSA) is 35.2 Å². The van der Waals surface area contributed by atoms with Gasteiger partial charge in [0.05, 0.1) is 17.8 Å². The van der Waals surface area contributed by atoms with E-state index in [0.717, 1.165) is 6.07 Å². The van der Waals surface area contributed by atoms with Gasteiger partial charge in [0.25, 0.3) is 0 Å². The maximum Gasteiger partial charge on any atom is 0.416 e. The molecule has 1 aromatic rings. The van der Waals surface area contributed by atoms with E-state index < -0.39 is 11.7 Å². The second-order valence-corrected chi connectivity index (χ2v) is 6.05. The van der Waals surface area contributed by atoms with Crippen LogP contribution in [0.15, 0.2) is 24.3 Å². The van der Waals surface area contributed by atoms with E-state index in [1.54, 1.807) is 6.07 Å². The molecule has 0 aromatic heterocycles. The second kappa shape index (κ2) is 5.97. The first-order chi connectivity index (χ1) is 9.70. The summed E-state index contributed by atoms with van der Waals surface area (Å²) in [5, 5.41) is 0. The third-order valence-corrected chi connectivity index (χ3v) is 4.54. The number of alkyl halides is 3. The minimum Gasteiger partial charge on any atom is -0.375 e. The normalized spacial score (nSPS) is 31.4. The van der Waals surface area contributed by atoms with E-state index in [1.807, 2.05) is 13.8 Å². The Bertz CT molecular complexity index is 489. The van der Waals surface area contributed by atoms with E-state index in [4.69, 9.17) is 10.5 Å². The molecule has 2 N–H and O–H groups in total. The Balaban J connectivity index is 2.11. The summed E-state index contributed by atoms with van der Waals surface area (Å²) in [7, 11) is 0. The quantitative estimate of drug-likeness (QED) is 0.925. The van der Waals surface area contributed by atoms with Crippen LogP contribution >= 0.6 is 0 Å². The predicted molar refractivity (Wildman–Crippen MR) is 75.8 cm³/mol. The zero-order valence-corrected chi connectivity index (χ0v) is 12.5. The summed E-state index contributed by atoms with van der Waals surface area (Å²) in [5.41, 5.74) is 6.25. The van der Waals surface area contributed by atoms with Crippen molar-refractivity contribution >= 4 is 0 Å². The fourth-order valence-corrected chi connectivity index (χ4v) is 3.31. The van der Waals surface area contributed by atoms with Gasteiger partial charge in [0.2, 0.25) is 0 Å². The van der Waals surface area contributed by atoms with Crippen LogP contribution in [0.5, 0.6) is 0 Å². The minimum absolute atomic E-state index is 0.0378. The van der Waals surface area contributed by atoms with Crippen LogP contribution < -0.4 is 5.73 Å². The highest BCUT2D eigenvalue weighted by Crippen LogP contribution is 2.35. The Labute approximate surface area is 123 Å². The average molecular weight is 301 g/mol. The first kappa shape index (κ1) is 16.3. The van der Waals surface area contributed by atoms with Crippen molar-refractivity contribution in [3.8, 4) is 0 Å². The number of ether oxygens (including phenoxy) is 1. The molecule has 5 heteroatoms. The Morgan fingerprint density at radius 2 is 1.86 bits per heavy atom. The largest absolute Gasteiger partial charge is 0.416 e. The van der Waals surface area contributed by atoms with Gasteiger partial charge in [0.15, 0.2) is 0 Å². The lowest BCUT2D eigenvalue weighted by atomic mass is 9.81. The van der Waals surface area contributed by atoms with Crippen LogP contribution in [0.1, 0.15) is 31.9 Å². The number of rotatable bonds is 3. The van der Waals surface area contributed by atoms with Crippen molar-refractivity contribution in [1.29, 1.82) is 0 Å². The van der Waals surface area contributed by atoms with Crippen molar-refractivity contribution in [3.63, 3.8) is 0 Å². The molecular formula is C16H22F3NO. The molecule has 1 aromatic carbocycles. The lowest BCUT2D eigenvalue weighted by molar-refractivity contribution is -0.137. The summed E-state index contributed by atoms with van der Waals surface area (Å²) >= 11 is 0. The summed E-state index contributed by atoms with van der Waals surface area (Å²) in [5.74, 6) is 0.468. The highest BCUT2D eigenvalue weighted by Gasteiger charge is 2.40. The molecular weight excluding hydrogens is 279 g/mol. The Hall–Kier alpha value is -1.07. The van der Waals surface area contributed by atoms with Crippen molar-refractivity contribution in [3.05, 3.63) is 35.4 Å². The standard InChI is InChI=1S/C16H22F3NO/c1-9-10(2)21-11(3)15(9)14(20)8-12-5-4-6-13(7-12)16(17,18)19/h4-7,9-11,14-15H,8,20H2,1-3H3. The Morgan fingerprint density at radius 1 is 1.19 bits per heavy atom. The summed E-state index contributed by atoms with van der Waals surface area (Å²) in [6.07, 6.45) is -3.71. The van der Waals surface area contributed by atoms with Crippen molar-refractivity contribution in [1.82, 2.24) is 0 Å². The molecule has 5 atom stereocenters. The van der Waals surface area contributed by atoms with Crippen LogP contribution in [-0.2, 0) is 17.3 Å². The number of hydrogen-bond acceptors (Lipinski definition) is 2. The van der Waals surface area contributed by atoms with Crippen LogP contribution in [-0.4, -0.2) is 18.2 Å². The van der Waals surface area contributed by atoms with Gasteiger partial charge in [-0.1, -0.05) is 25.1 Å². The van der Waals surface area contributed by atoms with E-state index >= 15 is 0 Å². The third kappa shape index (κ3) is 3.58. The maximum absolute atomic E-state index is 12.7. The van der Waals surface area contributed by atoms with Gasteiger partial charge in [-0.15, -0.1) is 0 Å². The summed E-state index contributed by atoms with van der Waals surface area (Å²) in [6, 6.07) is 5.20. The molecule has 0 bridgehead atoms. The number of benzene rings is 1. The number of halogens is 3. The van der Waals surface area contributed by atoms with E-state index in [2.05, 4.69) is 6.92 Å². The Kier molecular flexibility index (Phi) is 4.63. The summed E-state index contributed by atoms with van der Waals surface area (Å²) in [6.45, 7) is 6.08. The molecule has 1 saturated heterocycles. The van der Waals surface area contributed by atoms with Gasteiger partial charge in [-0.3, -0.25) is 0 Å².